The number of rotatable bonds is 43. The number of alkyl halides is 1. The molecule has 0 fully saturated rings. The van der Waals surface area contributed by atoms with Gasteiger partial charge in [-0.3, -0.25) is 4.79 Å². The Kier molecular flexibility index (Phi) is 44.1. The average Bonchev–Trinajstić information content (AvgIpc) is 3.09. The molecule has 0 aromatic heterocycles. The van der Waals surface area contributed by atoms with E-state index in [9.17, 15) is 4.79 Å². The zero-order valence-corrected chi connectivity index (χ0v) is 31.4. The number of esters is 1. The van der Waals surface area contributed by atoms with Crippen molar-refractivity contribution in [1.29, 1.82) is 0 Å². The summed E-state index contributed by atoms with van der Waals surface area (Å²) in [7, 11) is 0. The van der Waals surface area contributed by atoms with Crippen LogP contribution in [0.1, 0.15) is 58.3 Å². The zero-order chi connectivity index (χ0) is 34.7. The summed E-state index contributed by atoms with van der Waals surface area (Å²) in [5.74, 6) is -0.140. The monoisotopic (exact) mass is 762 g/mol. The molecule has 0 aliphatic carbocycles. The summed E-state index contributed by atoms with van der Waals surface area (Å²) in [6.07, 6.45) is 8.80. The molecule has 288 valence electrons. The maximum atomic E-state index is 11.7. The fourth-order valence-corrected chi connectivity index (χ4v) is 4.10. The fourth-order valence-electron chi connectivity index (χ4n) is 3.87. The molecule has 0 N–H and O–H groups in total. The highest BCUT2D eigenvalue weighted by atomic mass is 79.9. The fraction of sp³-hybridized carbons (Fsp3) is 0.971. The molecule has 0 atom stereocenters. The highest BCUT2D eigenvalue weighted by Crippen LogP contribution is 2.08. The minimum Gasteiger partial charge on any atom is -0.463 e. The van der Waals surface area contributed by atoms with Crippen molar-refractivity contribution < 1.29 is 61.6 Å². The Labute approximate surface area is 298 Å². The van der Waals surface area contributed by atoms with Crippen LogP contribution in [0.3, 0.4) is 0 Å². The van der Waals surface area contributed by atoms with Crippen LogP contribution < -0.4 is 0 Å². The molecule has 0 unspecified atom stereocenters. The van der Waals surface area contributed by atoms with Gasteiger partial charge in [0.2, 0.25) is 0 Å². The van der Waals surface area contributed by atoms with E-state index >= 15 is 0 Å². The van der Waals surface area contributed by atoms with E-state index in [1.807, 2.05) is 0 Å². The quantitative estimate of drug-likeness (QED) is 0.0500. The summed E-state index contributed by atoms with van der Waals surface area (Å²) < 4.78 is 65.1. The van der Waals surface area contributed by atoms with Gasteiger partial charge in [-0.05, 0) is 6.42 Å². The lowest BCUT2D eigenvalue weighted by Gasteiger charge is -2.09. The molecular formula is C34H67BrO13. The number of halogens is 1. The summed E-state index contributed by atoms with van der Waals surface area (Å²) in [6.45, 7) is 13.9. The van der Waals surface area contributed by atoms with E-state index in [2.05, 4.69) is 22.9 Å². The third-order valence-electron chi connectivity index (χ3n) is 6.42. The SMILES string of the molecule is CCCCCCCCCC(=O)OCCOCCOCCOCCOCCOCCOCCOCCOCCOCCOCCOCCBr. The Balaban J connectivity index is 3.09. The smallest absolute Gasteiger partial charge is 0.305 e. The molecule has 0 heterocycles. The van der Waals surface area contributed by atoms with Crippen LogP contribution in [0.15, 0.2) is 0 Å². The molecule has 0 spiro atoms. The van der Waals surface area contributed by atoms with Crippen molar-refractivity contribution in [2.75, 3.05) is 157 Å². The molecular weight excluding hydrogens is 696 g/mol. The minimum absolute atomic E-state index is 0.140. The van der Waals surface area contributed by atoms with Crippen molar-refractivity contribution in [1.82, 2.24) is 0 Å². The third kappa shape index (κ3) is 43.5. The Morgan fingerprint density at radius 3 is 0.896 bits per heavy atom. The standard InChI is InChI=1S/C34H67BrO13/c1-2-3-4-5-6-7-8-9-34(36)48-33-32-47-31-30-46-29-28-45-27-26-44-25-24-43-23-22-42-21-20-41-19-18-40-17-16-39-15-14-38-13-12-37-11-10-35/h2-33H2,1H3. The van der Waals surface area contributed by atoms with Gasteiger partial charge in [-0.2, -0.15) is 0 Å². The molecule has 0 aliphatic heterocycles. The highest BCUT2D eigenvalue weighted by molar-refractivity contribution is 9.09. The molecule has 0 amide bonds. The molecule has 0 bridgehead atoms. The summed E-state index contributed by atoms with van der Waals surface area (Å²) in [6, 6.07) is 0. The van der Waals surface area contributed by atoms with E-state index in [1.165, 1.54) is 32.1 Å². The minimum atomic E-state index is -0.140. The molecule has 0 aromatic carbocycles. The molecule has 0 saturated carbocycles. The van der Waals surface area contributed by atoms with Crippen molar-refractivity contribution in [3.8, 4) is 0 Å². The summed E-state index contributed by atoms with van der Waals surface area (Å²) in [4.78, 5) is 11.7. The number of hydrogen-bond acceptors (Lipinski definition) is 13. The van der Waals surface area contributed by atoms with Gasteiger partial charge >= 0.3 is 5.97 Å². The lowest BCUT2D eigenvalue weighted by atomic mass is 10.1. The van der Waals surface area contributed by atoms with E-state index in [0.29, 0.717) is 152 Å². The Hall–Kier alpha value is -0.490. The number of carbonyl (C=O) groups excluding carboxylic acids is 1. The first-order chi connectivity index (χ1) is 23.8. The van der Waals surface area contributed by atoms with E-state index in [0.717, 1.165) is 18.2 Å². The number of unbranched alkanes of at least 4 members (excludes halogenated alkanes) is 6. The van der Waals surface area contributed by atoms with Crippen molar-refractivity contribution in [3.05, 3.63) is 0 Å². The third-order valence-corrected chi connectivity index (χ3v) is 6.74. The molecule has 48 heavy (non-hydrogen) atoms. The normalized spacial score (nSPS) is 11.5. The van der Waals surface area contributed by atoms with E-state index in [-0.39, 0.29) is 12.6 Å². The highest BCUT2D eigenvalue weighted by Gasteiger charge is 2.03. The Morgan fingerprint density at radius 2 is 0.604 bits per heavy atom. The van der Waals surface area contributed by atoms with Gasteiger partial charge in [0, 0.05) is 11.8 Å². The first-order valence-electron chi connectivity index (χ1n) is 17.9. The first kappa shape index (κ1) is 47.5. The molecule has 13 nitrogen and oxygen atoms in total. The predicted octanol–water partition coefficient (Wildman–Crippen LogP) is 4.25. The van der Waals surface area contributed by atoms with Gasteiger partial charge in [0.05, 0.1) is 145 Å². The van der Waals surface area contributed by atoms with E-state index in [1.54, 1.807) is 0 Å². The lowest BCUT2D eigenvalue weighted by Crippen LogP contribution is -2.15. The molecule has 0 aliphatic rings. The van der Waals surface area contributed by atoms with Crippen LogP contribution in [0.25, 0.3) is 0 Å². The number of carbonyl (C=O) groups is 1. The van der Waals surface area contributed by atoms with Gasteiger partial charge in [0.1, 0.15) is 6.61 Å². The number of ether oxygens (including phenoxy) is 12. The van der Waals surface area contributed by atoms with Crippen LogP contribution in [0, 0.1) is 0 Å². The van der Waals surface area contributed by atoms with Gasteiger partial charge < -0.3 is 56.8 Å². The van der Waals surface area contributed by atoms with Gasteiger partial charge in [-0.1, -0.05) is 61.4 Å². The Morgan fingerprint density at radius 1 is 0.354 bits per heavy atom. The number of hydrogen-bond donors (Lipinski definition) is 0. The van der Waals surface area contributed by atoms with Crippen LogP contribution in [0.4, 0.5) is 0 Å². The van der Waals surface area contributed by atoms with Gasteiger partial charge in [0.25, 0.3) is 0 Å². The second kappa shape index (κ2) is 44.5. The Bertz CT molecular complexity index is 607. The van der Waals surface area contributed by atoms with E-state index < -0.39 is 0 Å². The van der Waals surface area contributed by atoms with Crippen molar-refractivity contribution in [2.45, 2.75) is 58.3 Å². The zero-order valence-electron chi connectivity index (χ0n) is 29.8. The van der Waals surface area contributed by atoms with Crippen LogP contribution in [-0.2, 0) is 61.6 Å². The van der Waals surface area contributed by atoms with Crippen LogP contribution >= 0.6 is 15.9 Å². The van der Waals surface area contributed by atoms with Gasteiger partial charge in [0.15, 0.2) is 0 Å². The molecule has 0 rings (SSSR count). The van der Waals surface area contributed by atoms with Crippen molar-refractivity contribution >= 4 is 21.9 Å². The summed E-state index contributed by atoms with van der Waals surface area (Å²) in [5.41, 5.74) is 0. The summed E-state index contributed by atoms with van der Waals surface area (Å²) in [5, 5.41) is 0.836. The van der Waals surface area contributed by atoms with Crippen LogP contribution in [-0.4, -0.2) is 163 Å². The molecule has 0 saturated heterocycles. The van der Waals surface area contributed by atoms with Crippen molar-refractivity contribution in [3.63, 3.8) is 0 Å². The maximum absolute atomic E-state index is 11.7. The predicted molar refractivity (Wildman–Crippen MR) is 186 cm³/mol. The second-order valence-corrected chi connectivity index (χ2v) is 11.3. The first-order valence-corrected chi connectivity index (χ1v) is 19.0. The topological polar surface area (TPSA) is 128 Å². The average molecular weight is 764 g/mol. The largest absolute Gasteiger partial charge is 0.463 e. The van der Waals surface area contributed by atoms with Gasteiger partial charge in [-0.25, -0.2) is 0 Å². The second-order valence-electron chi connectivity index (χ2n) is 10.5. The summed E-state index contributed by atoms with van der Waals surface area (Å²) >= 11 is 3.30. The van der Waals surface area contributed by atoms with Crippen LogP contribution in [0.5, 0.6) is 0 Å². The van der Waals surface area contributed by atoms with Crippen LogP contribution in [0.2, 0.25) is 0 Å². The molecule has 0 aromatic rings. The lowest BCUT2D eigenvalue weighted by molar-refractivity contribution is -0.145. The molecule has 0 radical (unpaired) electrons. The van der Waals surface area contributed by atoms with Crippen molar-refractivity contribution in [2.24, 2.45) is 0 Å². The van der Waals surface area contributed by atoms with E-state index in [4.69, 9.17) is 56.8 Å². The van der Waals surface area contributed by atoms with Gasteiger partial charge in [-0.15, -0.1) is 0 Å². The molecule has 14 heteroatoms. The maximum Gasteiger partial charge on any atom is 0.305 e.